The fourth-order valence-electron chi connectivity index (χ4n) is 1.68. The third kappa shape index (κ3) is 4.11. The first kappa shape index (κ1) is 16.3. The molecule has 2 N–H and O–H groups in total. The monoisotopic (exact) mass is 273 g/mol. The lowest BCUT2D eigenvalue weighted by Crippen LogP contribution is -2.30. The third-order valence-electron chi connectivity index (χ3n) is 3.54. The van der Waals surface area contributed by atoms with Gasteiger partial charge in [0.05, 0.1) is 0 Å². The highest BCUT2D eigenvalue weighted by atomic mass is 16.2. The van der Waals surface area contributed by atoms with Crippen LogP contribution in [0.25, 0.3) is 0 Å². The summed E-state index contributed by atoms with van der Waals surface area (Å²) in [6.45, 7) is 7.78. The fraction of sp³-hybridized carbons (Fsp3) is 0.471. The van der Waals surface area contributed by atoms with E-state index in [0.29, 0.717) is 0 Å². The minimum Gasteiger partial charge on any atom is -0.384 e. The van der Waals surface area contributed by atoms with Gasteiger partial charge in [-0.25, -0.2) is 0 Å². The maximum absolute atomic E-state index is 12.2. The number of carbonyl (C=O) groups excluding carboxylic acids is 1. The first-order valence-electron chi connectivity index (χ1n) is 6.98. The van der Waals surface area contributed by atoms with Crippen molar-refractivity contribution in [2.75, 3.05) is 11.9 Å². The van der Waals surface area contributed by atoms with Crippen molar-refractivity contribution in [3.63, 3.8) is 0 Å². The van der Waals surface area contributed by atoms with Gasteiger partial charge in [0.25, 0.3) is 0 Å². The smallest absolute Gasteiger partial charge is 0.230 e. The summed E-state index contributed by atoms with van der Waals surface area (Å²) in [5.41, 5.74) is 2.37. The number of hydrogen-bond donors (Lipinski definition) is 2. The molecule has 0 unspecified atom stereocenters. The molecule has 3 nitrogen and oxygen atoms in total. The predicted molar refractivity (Wildman–Crippen MR) is 82.5 cm³/mol. The average Bonchev–Trinajstić information content (AvgIpc) is 2.45. The van der Waals surface area contributed by atoms with Gasteiger partial charge in [-0.1, -0.05) is 39.5 Å². The van der Waals surface area contributed by atoms with Crippen molar-refractivity contribution < 1.29 is 9.90 Å². The maximum atomic E-state index is 12.2. The van der Waals surface area contributed by atoms with Gasteiger partial charge in [-0.3, -0.25) is 4.79 Å². The molecule has 0 aliphatic rings. The van der Waals surface area contributed by atoms with Gasteiger partial charge in [0.1, 0.15) is 6.61 Å². The van der Waals surface area contributed by atoms with E-state index >= 15 is 0 Å². The van der Waals surface area contributed by atoms with E-state index in [0.717, 1.165) is 29.7 Å². The van der Waals surface area contributed by atoms with E-state index < -0.39 is 0 Å². The van der Waals surface area contributed by atoms with Gasteiger partial charge in [0, 0.05) is 16.7 Å². The van der Waals surface area contributed by atoms with E-state index in [-0.39, 0.29) is 17.9 Å². The number of amides is 1. The summed E-state index contributed by atoms with van der Waals surface area (Å²) in [5, 5.41) is 11.7. The molecule has 1 aromatic rings. The van der Waals surface area contributed by atoms with E-state index in [1.165, 1.54) is 0 Å². The number of anilines is 1. The van der Waals surface area contributed by atoms with Crippen LogP contribution in [0.1, 0.15) is 45.2 Å². The van der Waals surface area contributed by atoms with Crippen molar-refractivity contribution >= 4 is 11.6 Å². The van der Waals surface area contributed by atoms with Crippen LogP contribution in [-0.4, -0.2) is 17.6 Å². The first-order chi connectivity index (χ1) is 9.44. The Morgan fingerprint density at radius 3 is 2.60 bits per heavy atom. The van der Waals surface area contributed by atoms with Crippen LogP contribution in [0.3, 0.4) is 0 Å². The summed E-state index contributed by atoms with van der Waals surface area (Å²) < 4.78 is 0. The Bertz CT molecular complexity index is 536. The lowest BCUT2D eigenvalue weighted by Gasteiger charge is -2.22. The van der Waals surface area contributed by atoms with Crippen LogP contribution >= 0.6 is 0 Å². The normalized spacial score (nSPS) is 10.7. The van der Waals surface area contributed by atoms with Gasteiger partial charge in [-0.05, 0) is 36.6 Å². The van der Waals surface area contributed by atoms with Crippen LogP contribution in [0.15, 0.2) is 18.2 Å². The third-order valence-corrected chi connectivity index (χ3v) is 3.54. The number of carbonyl (C=O) groups is 1. The van der Waals surface area contributed by atoms with Gasteiger partial charge in [0.2, 0.25) is 5.91 Å². The molecule has 0 aliphatic heterocycles. The Balaban J connectivity index is 2.99. The Morgan fingerprint density at radius 1 is 1.35 bits per heavy atom. The van der Waals surface area contributed by atoms with Crippen LogP contribution in [0.4, 0.5) is 5.69 Å². The molecule has 1 amide bonds. The second-order valence-corrected chi connectivity index (χ2v) is 5.38. The lowest BCUT2D eigenvalue weighted by atomic mass is 9.89. The van der Waals surface area contributed by atoms with E-state index in [9.17, 15) is 4.79 Å². The topological polar surface area (TPSA) is 49.3 Å². The highest BCUT2D eigenvalue weighted by molar-refractivity contribution is 5.95. The molecule has 0 spiro atoms. The Kier molecular flexibility index (Phi) is 5.79. The number of benzene rings is 1. The molecule has 0 atom stereocenters. The molecule has 20 heavy (non-hydrogen) atoms. The van der Waals surface area contributed by atoms with Gasteiger partial charge >= 0.3 is 0 Å². The molecule has 0 heterocycles. The first-order valence-corrected chi connectivity index (χ1v) is 6.98. The van der Waals surface area contributed by atoms with E-state index in [4.69, 9.17) is 5.11 Å². The zero-order chi connectivity index (χ0) is 15.2. The summed E-state index contributed by atoms with van der Waals surface area (Å²) in [5.74, 6) is 5.54. The minimum atomic E-state index is -0.375. The Hall–Kier alpha value is -1.79. The van der Waals surface area contributed by atoms with E-state index in [1.807, 2.05) is 45.9 Å². The second-order valence-electron chi connectivity index (χ2n) is 5.38. The molecule has 0 radical (unpaired) electrons. The summed E-state index contributed by atoms with van der Waals surface area (Å²) in [7, 11) is 0. The Morgan fingerprint density at radius 2 is 2.05 bits per heavy atom. The van der Waals surface area contributed by atoms with Crippen LogP contribution in [0, 0.1) is 17.3 Å². The van der Waals surface area contributed by atoms with Gasteiger partial charge in [0.15, 0.2) is 0 Å². The number of rotatable bonds is 4. The van der Waals surface area contributed by atoms with Gasteiger partial charge < -0.3 is 10.4 Å². The average molecular weight is 273 g/mol. The van der Waals surface area contributed by atoms with Crippen LogP contribution in [-0.2, 0) is 11.2 Å². The zero-order valence-electron chi connectivity index (χ0n) is 12.7. The molecule has 1 rings (SSSR count). The van der Waals surface area contributed by atoms with E-state index in [2.05, 4.69) is 17.2 Å². The SMILES string of the molecule is CCc1cc(C#CCO)ccc1NC(=O)C(C)(C)CC. The standard InChI is InChI=1S/C17H23NO2/c1-5-14-12-13(8-7-11-19)9-10-15(14)18-16(20)17(3,4)6-2/h9-10,12,19H,5-6,11H2,1-4H3,(H,18,20). The van der Waals surface area contributed by atoms with Crippen LogP contribution in [0.5, 0.6) is 0 Å². The van der Waals surface area contributed by atoms with Crippen molar-refractivity contribution in [1.82, 2.24) is 0 Å². The molecular formula is C17H23NO2. The summed E-state index contributed by atoms with van der Waals surface area (Å²) in [4.78, 5) is 12.2. The highest BCUT2D eigenvalue weighted by Crippen LogP contribution is 2.24. The molecule has 1 aromatic carbocycles. The van der Waals surface area contributed by atoms with Crippen molar-refractivity contribution in [1.29, 1.82) is 0 Å². The molecule has 0 saturated carbocycles. The van der Waals surface area contributed by atoms with Gasteiger partial charge in [-0.2, -0.15) is 0 Å². The van der Waals surface area contributed by atoms with Crippen molar-refractivity contribution in [3.8, 4) is 11.8 Å². The van der Waals surface area contributed by atoms with Crippen LogP contribution < -0.4 is 5.32 Å². The minimum absolute atomic E-state index is 0.0314. The number of nitrogens with one attached hydrogen (secondary N) is 1. The summed E-state index contributed by atoms with van der Waals surface area (Å²) >= 11 is 0. The zero-order valence-corrected chi connectivity index (χ0v) is 12.7. The molecule has 0 saturated heterocycles. The molecule has 0 aliphatic carbocycles. The number of hydrogen-bond acceptors (Lipinski definition) is 2. The lowest BCUT2D eigenvalue weighted by molar-refractivity contribution is -0.124. The molecular weight excluding hydrogens is 250 g/mol. The van der Waals surface area contributed by atoms with Crippen LogP contribution in [0.2, 0.25) is 0 Å². The number of aliphatic hydroxyl groups is 1. The molecule has 3 heteroatoms. The Labute approximate surface area is 121 Å². The molecule has 0 fully saturated rings. The number of aryl methyl sites for hydroxylation is 1. The fourth-order valence-corrected chi connectivity index (χ4v) is 1.68. The molecule has 0 bridgehead atoms. The van der Waals surface area contributed by atoms with Gasteiger partial charge in [-0.15, -0.1) is 0 Å². The molecule has 0 aromatic heterocycles. The predicted octanol–water partition coefficient (Wildman–Crippen LogP) is 2.97. The van der Waals surface area contributed by atoms with Crippen molar-refractivity contribution in [2.24, 2.45) is 5.41 Å². The second kappa shape index (κ2) is 7.12. The highest BCUT2D eigenvalue weighted by Gasteiger charge is 2.25. The summed E-state index contributed by atoms with van der Waals surface area (Å²) in [6.07, 6.45) is 1.61. The quantitative estimate of drug-likeness (QED) is 0.829. The molecule has 108 valence electrons. The van der Waals surface area contributed by atoms with Crippen molar-refractivity contribution in [2.45, 2.75) is 40.5 Å². The number of aliphatic hydroxyl groups excluding tert-OH is 1. The maximum Gasteiger partial charge on any atom is 0.230 e. The van der Waals surface area contributed by atoms with Crippen molar-refractivity contribution in [3.05, 3.63) is 29.3 Å². The van der Waals surface area contributed by atoms with E-state index in [1.54, 1.807) is 0 Å². The largest absolute Gasteiger partial charge is 0.384 e. The summed E-state index contributed by atoms with van der Waals surface area (Å²) in [6, 6.07) is 5.69.